The minimum Gasteiger partial charge on any atom is -0.339 e. The Kier molecular flexibility index (Phi) is 6.26. The molecule has 0 aliphatic carbocycles. The predicted molar refractivity (Wildman–Crippen MR) is 99.9 cm³/mol. The van der Waals surface area contributed by atoms with Gasteiger partial charge in [0, 0.05) is 51.7 Å². The molecule has 0 spiro atoms. The lowest BCUT2D eigenvalue weighted by Gasteiger charge is -2.37. The van der Waals surface area contributed by atoms with E-state index in [9.17, 15) is 13.2 Å². The van der Waals surface area contributed by atoms with Crippen LogP contribution in [0.25, 0.3) is 0 Å². The van der Waals surface area contributed by atoms with Crippen LogP contribution in [0.4, 0.5) is 0 Å². The summed E-state index contributed by atoms with van der Waals surface area (Å²) in [6.07, 6.45) is 5.56. The number of carbonyl (C=O) groups excluding carboxylic acids is 1. The van der Waals surface area contributed by atoms with Crippen molar-refractivity contribution in [3.63, 3.8) is 0 Å². The maximum atomic E-state index is 12.9. The SMILES string of the molecule is CCCS(=O)(=O)N1CCCC1C(=O)N1CCN(Cc2ccncc2)CC1. The Bertz CT molecular complexity index is 702. The van der Waals surface area contributed by atoms with Crippen LogP contribution in [0.3, 0.4) is 0 Å². The number of nitrogens with zero attached hydrogens (tertiary/aromatic N) is 4. The minimum absolute atomic E-state index is 0.0225. The molecular formula is C18H28N4O3S. The second kappa shape index (κ2) is 8.45. The van der Waals surface area contributed by atoms with Crippen LogP contribution in [-0.4, -0.2) is 77.9 Å². The van der Waals surface area contributed by atoms with Crippen molar-refractivity contribution >= 4 is 15.9 Å². The fourth-order valence-electron chi connectivity index (χ4n) is 3.78. The highest BCUT2D eigenvalue weighted by molar-refractivity contribution is 7.89. The average Bonchev–Trinajstić information content (AvgIpc) is 3.13. The largest absolute Gasteiger partial charge is 0.339 e. The lowest BCUT2D eigenvalue weighted by atomic mass is 10.1. The Morgan fingerprint density at radius 1 is 1.15 bits per heavy atom. The average molecular weight is 381 g/mol. The summed E-state index contributed by atoms with van der Waals surface area (Å²) in [5.74, 6) is 0.0991. The van der Waals surface area contributed by atoms with Gasteiger partial charge in [-0.15, -0.1) is 0 Å². The fraction of sp³-hybridized carbons (Fsp3) is 0.667. The highest BCUT2D eigenvalue weighted by Gasteiger charge is 2.40. The molecule has 144 valence electrons. The molecule has 7 nitrogen and oxygen atoms in total. The molecule has 1 aromatic heterocycles. The molecular weight excluding hydrogens is 352 g/mol. The van der Waals surface area contributed by atoms with Crippen LogP contribution < -0.4 is 0 Å². The van der Waals surface area contributed by atoms with Gasteiger partial charge in [0.25, 0.3) is 0 Å². The van der Waals surface area contributed by atoms with Gasteiger partial charge in [-0.25, -0.2) is 8.42 Å². The molecule has 3 rings (SSSR count). The van der Waals surface area contributed by atoms with E-state index in [0.717, 1.165) is 26.1 Å². The second-order valence-electron chi connectivity index (χ2n) is 7.04. The first kappa shape index (κ1) is 19.3. The molecule has 2 aliphatic heterocycles. The number of hydrogen-bond acceptors (Lipinski definition) is 5. The van der Waals surface area contributed by atoms with Crippen molar-refractivity contribution < 1.29 is 13.2 Å². The van der Waals surface area contributed by atoms with Crippen molar-refractivity contribution in [3.05, 3.63) is 30.1 Å². The van der Waals surface area contributed by atoms with E-state index in [1.807, 2.05) is 24.0 Å². The number of pyridine rings is 1. The number of aromatic nitrogens is 1. The third kappa shape index (κ3) is 4.42. The Morgan fingerprint density at radius 2 is 1.85 bits per heavy atom. The van der Waals surface area contributed by atoms with Crippen molar-refractivity contribution in [2.24, 2.45) is 0 Å². The van der Waals surface area contributed by atoms with Crippen LogP contribution >= 0.6 is 0 Å². The summed E-state index contributed by atoms with van der Waals surface area (Å²) in [4.78, 5) is 21.1. The monoisotopic (exact) mass is 380 g/mol. The van der Waals surface area contributed by atoms with E-state index in [0.29, 0.717) is 32.5 Å². The molecule has 0 bridgehead atoms. The molecule has 1 atom stereocenters. The fourth-order valence-corrected chi connectivity index (χ4v) is 5.52. The Hall–Kier alpha value is -1.51. The standard InChI is InChI=1S/C18H28N4O3S/c1-2-14-26(24,25)22-9-3-4-17(22)18(23)21-12-10-20(11-13-21)15-16-5-7-19-8-6-16/h5-8,17H,2-4,9-15H2,1H3. The van der Waals surface area contributed by atoms with Gasteiger partial charge in [0.1, 0.15) is 6.04 Å². The van der Waals surface area contributed by atoms with E-state index in [2.05, 4.69) is 9.88 Å². The molecule has 1 amide bonds. The van der Waals surface area contributed by atoms with Gasteiger partial charge in [-0.3, -0.25) is 14.7 Å². The zero-order valence-corrected chi connectivity index (χ0v) is 16.2. The van der Waals surface area contributed by atoms with Crippen molar-refractivity contribution in [3.8, 4) is 0 Å². The molecule has 0 aromatic carbocycles. The normalized spacial score (nSPS) is 22.7. The van der Waals surface area contributed by atoms with Crippen molar-refractivity contribution in [1.29, 1.82) is 0 Å². The maximum Gasteiger partial charge on any atom is 0.241 e. The van der Waals surface area contributed by atoms with Crippen molar-refractivity contribution in [1.82, 2.24) is 19.1 Å². The Labute approximate surface area is 156 Å². The maximum absolute atomic E-state index is 12.9. The number of hydrogen-bond donors (Lipinski definition) is 0. The third-order valence-corrected chi connectivity index (χ3v) is 7.22. The molecule has 2 saturated heterocycles. The van der Waals surface area contributed by atoms with E-state index in [1.54, 1.807) is 12.4 Å². The third-order valence-electron chi connectivity index (χ3n) is 5.15. The molecule has 8 heteroatoms. The molecule has 1 aromatic rings. The van der Waals surface area contributed by atoms with E-state index in [4.69, 9.17) is 0 Å². The van der Waals surface area contributed by atoms with Crippen molar-refractivity contribution in [2.45, 2.75) is 38.8 Å². The summed E-state index contributed by atoms with van der Waals surface area (Å²) in [5.41, 5.74) is 1.22. The van der Waals surface area contributed by atoms with Gasteiger partial charge in [0.2, 0.25) is 15.9 Å². The Balaban J connectivity index is 1.56. The quantitative estimate of drug-likeness (QED) is 0.734. The first-order valence-electron chi connectivity index (χ1n) is 9.41. The second-order valence-corrected chi connectivity index (χ2v) is 9.08. The van der Waals surface area contributed by atoms with Crippen LogP contribution in [0.1, 0.15) is 31.7 Å². The molecule has 2 aliphatic rings. The Morgan fingerprint density at radius 3 is 2.50 bits per heavy atom. The summed E-state index contributed by atoms with van der Waals surface area (Å²) in [6.45, 7) is 6.10. The summed E-state index contributed by atoms with van der Waals surface area (Å²) in [6, 6.07) is 3.51. The van der Waals surface area contributed by atoms with E-state index >= 15 is 0 Å². The zero-order valence-electron chi connectivity index (χ0n) is 15.4. The van der Waals surface area contributed by atoms with Crippen LogP contribution in [0.5, 0.6) is 0 Å². The van der Waals surface area contributed by atoms with E-state index < -0.39 is 16.1 Å². The number of amides is 1. The first-order valence-corrected chi connectivity index (χ1v) is 11.0. The van der Waals surface area contributed by atoms with Crippen LogP contribution in [0, 0.1) is 0 Å². The van der Waals surface area contributed by atoms with E-state index in [1.165, 1.54) is 9.87 Å². The molecule has 0 saturated carbocycles. The smallest absolute Gasteiger partial charge is 0.241 e. The highest BCUT2D eigenvalue weighted by atomic mass is 32.2. The lowest BCUT2D eigenvalue weighted by molar-refractivity contribution is -0.136. The summed E-state index contributed by atoms with van der Waals surface area (Å²) in [7, 11) is -3.32. The first-order chi connectivity index (χ1) is 12.5. The molecule has 0 radical (unpaired) electrons. The number of rotatable bonds is 6. The van der Waals surface area contributed by atoms with Gasteiger partial charge in [0.15, 0.2) is 0 Å². The lowest BCUT2D eigenvalue weighted by Crippen LogP contribution is -2.54. The van der Waals surface area contributed by atoms with Gasteiger partial charge in [-0.05, 0) is 37.0 Å². The van der Waals surface area contributed by atoms with Gasteiger partial charge < -0.3 is 4.90 Å². The van der Waals surface area contributed by atoms with Gasteiger partial charge >= 0.3 is 0 Å². The summed E-state index contributed by atoms with van der Waals surface area (Å²) in [5, 5.41) is 0. The molecule has 3 heterocycles. The number of sulfonamides is 1. The van der Waals surface area contributed by atoms with Crippen molar-refractivity contribution in [2.75, 3.05) is 38.5 Å². The summed E-state index contributed by atoms with van der Waals surface area (Å²) >= 11 is 0. The van der Waals surface area contributed by atoms with E-state index in [-0.39, 0.29) is 11.7 Å². The topological polar surface area (TPSA) is 73.8 Å². The van der Waals surface area contributed by atoms with Gasteiger partial charge in [-0.2, -0.15) is 4.31 Å². The molecule has 2 fully saturated rings. The minimum atomic E-state index is -3.32. The van der Waals surface area contributed by atoms with Crippen LogP contribution in [0.15, 0.2) is 24.5 Å². The summed E-state index contributed by atoms with van der Waals surface area (Å²) < 4.78 is 26.3. The predicted octanol–water partition coefficient (Wildman–Crippen LogP) is 0.930. The highest BCUT2D eigenvalue weighted by Crippen LogP contribution is 2.24. The van der Waals surface area contributed by atoms with Gasteiger partial charge in [0.05, 0.1) is 5.75 Å². The molecule has 1 unspecified atom stereocenters. The number of carbonyl (C=O) groups is 1. The number of piperazine rings is 1. The molecule has 26 heavy (non-hydrogen) atoms. The van der Waals surface area contributed by atoms with Gasteiger partial charge in [-0.1, -0.05) is 6.92 Å². The van der Waals surface area contributed by atoms with Crippen LogP contribution in [0.2, 0.25) is 0 Å². The van der Waals surface area contributed by atoms with Crippen LogP contribution in [-0.2, 0) is 21.4 Å². The molecule has 0 N–H and O–H groups in total. The zero-order chi connectivity index (χ0) is 18.6.